The van der Waals surface area contributed by atoms with Crippen LogP contribution in [-0.4, -0.2) is 45.5 Å². The largest absolute Gasteiger partial charge is 0.342 e. The van der Waals surface area contributed by atoms with Gasteiger partial charge < -0.3 is 9.42 Å². The van der Waals surface area contributed by atoms with E-state index in [1.165, 1.54) is 12.1 Å². The molecule has 1 amide bonds. The second-order valence-electron chi connectivity index (χ2n) is 6.97. The molecule has 0 unspecified atom stereocenters. The predicted octanol–water partition coefficient (Wildman–Crippen LogP) is 3.72. The second-order valence-corrected chi connectivity index (χ2v) is 8.20. The number of benzene rings is 1. The van der Waals surface area contributed by atoms with Crippen LogP contribution in [0.25, 0.3) is 11.4 Å². The highest BCUT2D eigenvalue weighted by Gasteiger charge is 2.32. The number of carbonyl (C=O) groups is 1. The fraction of sp³-hybridized carbons (Fsp3) is 0.526. The molecule has 3 heterocycles. The zero-order valence-electron chi connectivity index (χ0n) is 14.6. The van der Waals surface area contributed by atoms with E-state index < -0.39 is 0 Å². The summed E-state index contributed by atoms with van der Waals surface area (Å²) in [5.74, 6) is 3.44. The molecule has 7 heteroatoms. The molecule has 1 atom stereocenters. The molecule has 0 saturated carbocycles. The van der Waals surface area contributed by atoms with Crippen molar-refractivity contribution in [2.45, 2.75) is 31.6 Å². The molecule has 2 fully saturated rings. The number of rotatable bonds is 3. The molecule has 2 aliphatic heterocycles. The van der Waals surface area contributed by atoms with Crippen LogP contribution >= 0.6 is 11.8 Å². The first-order chi connectivity index (χ1) is 12.7. The van der Waals surface area contributed by atoms with Crippen molar-refractivity contribution in [2.24, 2.45) is 5.92 Å². The Hall–Kier alpha value is -1.89. The van der Waals surface area contributed by atoms with Crippen molar-refractivity contribution < 1.29 is 13.7 Å². The lowest BCUT2D eigenvalue weighted by Crippen LogP contribution is -2.43. The van der Waals surface area contributed by atoms with Crippen LogP contribution in [0, 0.1) is 11.7 Å². The van der Waals surface area contributed by atoms with E-state index in [1.807, 2.05) is 16.7 Å². The molecule has 1 aromatic heterocycles. The molecule has 2 aromatic rings. The SMILES string of the molecule is O=C(C1CCSCC1)N1CCC[C@H](c2nc(-c3ccc(F)cc3)no2)C1. The van der Waals surface area contributed by atoms with Crippen molar-refractivity contribution in [3.05, 3.63) is 36.0 Å². The first kappa shape index (κ1) is 17.5. The summed E-state index contributed by atoms with van der Waals surface area (Å²) in [5.41, 5.74) is 0.727. The van der Waals surface area contributed by atoms with Crippen molar-refractivity contribution >= 4 is 17.7 Å². The summed E-state index contributed by atoms with van der Waals surface area (Å²) in [6.07, 6.45) is 3.86. The number of aromatic nitrogens is 2. The molecule has 2 aliphatic rings. The van der Waals surface area contributed by atoms with Crippen LogP contribution in [0.1, 0.15) is 37.5 Å². The van der Waals surface area contributed by atoms with Crippen LogP contribution in [0.3, 0.4) is 0 Å². The number of piperidine rings is 1. The van der Waals surface area contributed by atoms with Gasteiger partial charge in [-0.2, -0.15) is 16.7 Å². The number of likely N-dealkylation sites (tertiary alicyclic amines) is 1. The number of thioether (sulfide) groups is 1. The third kappa shape index (κ3) is 3.77. The molecule has 1 aromatic carbocycles. The normalized spacial score (nSPS) is 21.7. The Morgan fingerprint density at radius 3 is 2.73 bits per heavy atom. The smallest absolute Gasteiger partial charge is 0.231 e. The van der Waals surface area contributed by atoms with Crippen LogP contribution in [-0.2, 0) is 4.79 Å². The van der Waals surface area contributed by atoms with Gasteiger partial charge in [-0.05, 0) is 61.5 Å². The maximum absolute atomic E-state index is 13.1. The summed E-state index contributed by atoms with van der Waals surface area (Å²) in [7, 11) is 0. The van der Waals surface area contributed by atoms with E-state index in [-0.39, 0.29) is 23.6 Å². The van der Waals surface area contributed by atoms with Crippen LogP contribution in [0.15, 0.2) is 28.8 Å². The van der Waals surface area contributed by atoms with Gasteiger partial charge >= 0.3 is 0 Å². The van der Waals surface area contributed by atoms with E-state index in [9.17, 15) is 9.18 Å². The third-order valence-corrected chi connectivity index (χ3v) is 6.25. The van der Waals surface area contributed by atoms with Gasteiger partial charge in [0, 0.05) is 24.6 Å². The summed E-state index contributed by atoms with van der Waals surface area (Å²) in [4.78, 5) is 19.3. The lowest BCUT2D eigenvalue weighted by Gasteiger charge is -2.34. The van der Waals surface area contributed by atoms with Crippen LogP contribution in [0.2, 0.25) is 0 Å². The zero-order valence-corrected chi connectivity index (χ0v) is 15.4. The van der Waals surface area contributed by atoms with Crippen LogP contribution in [0.5, 0.6) is 0 Å². The van der Waals surface area contributed by atoms with Crippen LogP contribution < -0.4 is 0 Å². The zero-order chi connectivity index (χ0) is 17.9. The first-order valence-electron chi connectivity index (χ1n) is 9.17. The Morgan fingerprint density at radius 2 is 1.96 bits per heavy atom. The van der Waals surface area contributed by atoms with E-state index in [2.05, 4.69) is 10.1 Å². The summed E-state index contributed by atoms with van der Waals surface area (Å²) < 4.78 is 18.5. The Labute approximate surface area is 156 Å². The average molecular weight is 375 g/mol. The molecule has 0 bridgehead atoms. The van der Waals surface area contributed by atoms with Crippen molar-refractivity contribution in [3.8, 4) is 11.4 Å². The van der Waals surface area contributed by atoms with Gasteiger partial charge in [0.1, 0.15) is 5.82 Å². The lowest BCUT2D eigenvalue weighted by atomic mass is 9.94. The van der Waals surface area contributed by atoms with Gasteiger partial charge in [-0.15, -0.1) is 0 Å². The molecule has 0 spiro atoms. The predicted molar refractivity (Wildman–Crippen MR) is 98.3 cm³/mol. The maximum atomic E-state index is 13.1. The number of nitrogens with zero attached hydrogens (tertiary/aromatic N) is 3. The number of hydrogen-bond acceptors (Lipinski definition) is 5. The summed E-state index contributed by atoms with van der Waals surface area (Å²) >= 11 is 1.93. The van der Waals surface area contributed by atoms with Gasteiger partial charge in [-0.3, -0.25) is 4.79 Å². The number of amides is 1. The molecule has 138 valence electrons. The van der Waals surface area contributed by atoms with Gasteiger partial charge in [0.05, 0.1) is 5.92 Å². The van der Waals surface area contributed by atoms with Crippen molar-refractivity contribution in [3.63, 3.8) is 0 Å². The Bertz CT molecular complexity index is 758. The van der Waals surface area contributed by atoms with Crippen LogP contribution in [0.4, 0.5) is 4.39 Å². The summed E-state index contributed by atoms with van der Waals surface area (Å²) in [6, 6.07) is 6.05. The van der Waals surface area contributed by atoms with E-state index in [0.717, 1.165) is 49.3 Å². The standard InChI is InChI=1S/C19H22FN3O2S/c20-16-5-3-13(4-6-16)17-21-18(25-22-17)15-2-1-9-23(12-15)19(24)14-7-10-26-11-8-14/h3-6,14-15H,1-2,7-12H2/t15-/m0/s1. The highest BCUT2D eigenvalue weighted by Crippen LogP contribution is 2.30. The monoisotopic (exact) mass is 375 g/mol. The molecular formula is C19H22FN3O2S. The number of carbonyl (C=O) groups excluding carboxylic acids is 1. The topological polar surface area (TPSA) is 59.2 Å². The average Bonchev–Trinajstić information content (AvgIpc) is 3.19. The number of halogens is 1. The van der Waals surface area contributed by atoms with Gasteiger partial charge in [0.25, 0.3) is 0 Å². The highest BCUT2D eigenvalue weighted by atomic mass is 32.2. The fourth-order valence-corrected chi connectivity index (χ4v) is 4.81. The molecule has 5 nitrogen and oxygen atoms in total. The Balaban J connectivity index is 1.44. The minimum atomic E-state index is -0.292. The Morgan fingerprint density at radius 1 is 1.19 bits per heavy atom. The molecular weight excluding hydrogens is 353 g/mol. The highest BCUT2D eigenvalue weighted by molar-refractivity contribution is 7.99. The van der Waals surface area contributed by atoms with Gasteiger partial charge in [-0.25, -0.2) is 4.39 Å². The van der Waals surface area contributed by atoms with Crippen molar-refractivity contribution in [1.82, 2.24) is 15.0 Å². The van der Waals surface area contributed by atoms with E-state index >= 15 is 0 Å². The molecule has 26 heavy (non-hydrogen) atoms. The van der Waals surface area contributed by atoms with E-state index in [4.69, 9.17) is 4.52 Å². The lowest BCUT2D eigenvalue weighted by molar-refractivity contribution is -0.137. The van der Waals surface area contributed by atoms with Crippen molar-refractivity contribution in [1.29, 1.82) is 0 Å². The maximum Gasteiger partial charge on any atom is 0.231 e. The Kier molecular flexibility index (Phi) is 5.24. The quantitative estimate of drug-likeness (QED) is 0.818. The van der Waals surface area contributed by atoms with Crippen molar-refractivity contribution in [2.75, 3.05) is 24.6 Å². The summed E-state index contributed by atoms with van der Waals surface area (Å²) in [5, 5.41) is 4.04. The molecule has 4 rings (SSSR count). The van der Waals surface area contributed by atoms with E-state index in [0.29, 0.717) is 18.3 Å². The molecule has 0 aliphatic carbocycles. The third-order valence-electron chi connectivity index (χ3n) is 5.20. The minimum Gasteiger partial charge on any atom is -0.342 e. The molecule has 0 N–H and O–H groups in total. The summed E-state index contributed by atoms with van der Waals surface area (Å²) in [6.45, 7) is 1.46. The molecule has 2 saturated heterocycles. The fourth-order valence-electron chi connectivity index (χ4n) is 3.70. The number of hydrogen-bond donors (Lipinski definition) is 0. The van der Waals surface area contributed by atoms with E-state index in [1.54, 1.807) is 12.1 Å². The minimum absolute atomic E-state index is 0.0763. The molecule has 0 radical (unpaired) electrons. The van der Waals surface area contributed by atoms with Gasteiger partial charge in [0.15, 0.2) is 0 Å². The second kappa shape index (κ2) is 7.78. The first-order valence-corrected chi connectivity index (χ1v) is 10.3. The van der Waals surface area contributed by atoms with Gasteiger partial charge in [-0.1, -0.05) is 5.16 Å². The van der Waals surface area contributed by atoms with Gasteiger partial charge in [0.2, 0.25) is 17.6 Å².